The average molecular weight is 268 g/mol. The van der Waals surface area contributed by atoms with Crippen LogP contribution in [0.1, 0.15) is 18.4 Å². The molecule has 1 aromatic rings. The second-order valence-electron chi connectivity index (χ2n) is 5.32. The molecule has 1 saturated heterocycles. The first-order chi connectivity index (χ1) is 8.56. The quantitative estimate of drug-likeness (QED) is 0.854. The van der Waals surface area contributed by atoms with E-state index < -0.39 is 0 Å². The van der Waals surface area contributed by atoms with Crippen LogP contribution in [0.3, 0.4) is 0 Å². The fourth-order valence-electron chi connectivity index (χ4n) is 2.53. The van der Waals surface area contributed by atoms with E-state index in [0.29, 0.717) is 0 Å². The number of nitrogens with zero attached hydrogens (tertiary/aromatic N) is 2. The van der Waals surface area contributed by atoms with Crippen molar-refractivity contribution in [3.05, 3.63) is 28.8 Å². The molecule has 0 saturated carbocycles. The van der Waals surface area contributed by atoms with Crippen LogP contribution in [0.2, 0.25) is 5.02 Å². The van der Waals surface area contributed by atoms with E-state index in [1.807, 2.05) is 18.2 Å². The Bertz CT molecular complexity index is 398. The summed E-state index contributed by atoms with van der Waals surface area (Å²) in [5, 5.41) is 0.782. The Labute approximate surface area is 115 Å². The van der Waals surface area contributed by atoms with Crippen LogP contribution in [0.4, 0.5) is 5.69 Å². The minimum absolute atomic E-state index is 0.725. The lowest BCUT2D eigenvalue weighted by atomic mass is 10.0. The number of anilines is 1. The summed E-state index contributed by atoms with van der Waals surface area (Å²) in [6.07, 6.45) is 2.47. The zero-order valence-corrected chi connectivity index (χ0v) is 12.0. The van der Waals surface area contributed by atoms with E-state index in [0.717, 1.165) is 36.4 Å². The third-order valence-electron chi connectivity index (χ3n) is 3.76. The van der Waals surface area contributed by atoms with Gasteiger partial charge in [0.25, 0.3) is 0 Å². The van der Waals surface area contributed by atoms with E-state index in [2.05, 4.69) is 23.9 Å². The average Bonchev–Trinajstić information content (AvgIpc) is 2.33. The Hall–Kier alpha value is -0.770. The summed E-state index contributed by atoms with van der Waals surface area (Å²) < 4.78 is 0. The molecule has 1 aliphatic heterocycles. The van der Waals surface area contributed by atoms with Gasteiger partial charge in [0.2, 0.25) is 0 Å². The fourth-order valence-corrected chi connectivity index (χ4v) is 2.78. The first-order valence-corrected chi connectivity index (χ1v) is 6.87. The Balaban J connectivity index is 1.91. The molecule has 0 atom stereocenters. The number of piperidine rings is 1. The highest BCUT2D eigenvalue weighted by atomic mass is 35.5. The van der Waals surface area contributed by atoms with Gasteiger partial charge in [-0.15, -0.1) is 0 Å². The molecular weight excluding hydrogens is 246 g/mol. The predicted octanol–water partition coefficient (Wildman–Crippen LogP) is 2.45. The molecule has 0 spiro atoms. The monoisotopic (exact) mass is 267 g/mol. The van der Waals surface area contributed by atoms with E-state index in [1.165, 1.54) is 18.4 Å². The van der Waals surface area contributed by atoms with Crippen molar-refractivity contribution in [3.63, 3.8) is 0 Å². The summed E-state index contributed by atoms with van der Waals surface area (Å²) in [6.45, 7) is 3.21. The summed E-state index contributed by atoms with van der Waals surface area (Å²) in [5.74, 6) is 0. The van der Waals surface area contributed by atoms with Crippen LogP contribution in [-0.4, -0.2) is 43.0 Å². The number of halogens is 1. The predicted molar refractivity (Wildman–Crippen MR) is 77.9 cm³/mol. The normalized spacial score (nSPS) is 18.4. The molecule has 1 fully saturated rings. The number of nitrogens with two attached hydrogens (primary N) is 1. The Morgan fingerprint density at radius 3 is 2.56 bits per heavy atom. The van der Waals surface area contributed by atoms with Crippen LogP contribution in [0.15, 0.2) is 18.2 Å². The number of nitrogen functional groups attached to an aromatic ring is 1. The molecule has 0 aliphatic carbocycles. The van der Waals surface area contributed by atoms with Gasteiger partial charge in [-0.05, 0) is 57.7 Å². The maximum Gasteiger partial charge on any atom is 0.0471 e. The number of hydrogen-bond donors (Lipinski definition) is 1. The highest BCUT2D eigenvalue weighted by Crippen LogP contribution is 2.23. The number of likely N-dealkylation sites (tertiary alicyclic amines) is 1. The van der Waals surface area contributed by atoms with Crippen molar-refractivity contribution in [2.75, 3.05) is 32.9 Å². The van der Waals surface area contributed by atoms with Crippen LogP contribution in [0.25, 0.3) is 0 Å². The lowest BCUT2D eigenvalue weighted by Crippen LogP contribution is -2.41. The fraction of sp³-hybridized carbons (Fsp3) is 0.571. The van der Waals surface area contributed by atoms with E-state index in [1.54, 1.807) is 0 Å². The topological polar surface area (TPSA) is 32.5 Å². The molecule has 0 radical (unpaired) electrons. The van der Waals surface area contributed by atoms with E-state index in [9.17, 15) is 0 Å². The van der Waals surface area contributed by atoms with Crippen LogP contribution in [0.5, 0.6) is 0 Å². The Morgan fingerprint density at radius 1 is 1.33 bits per heavy atom. The SMILES string of the molecule is CN(C)C1CCN(Cc2ccc(N)cc2Cl)CC1. The highest BCUT2D eigenvalue weighted by molar-refractivity contribution is 6.31. The second-order valence-corrected chi connectivity index (χ2v) is 5.73. The van der Waals surface area contributed by atoms with Crippen molar-refractivity contribution in [2.24, 2.45) is 0 Å². The first kappa shape index (κ1) is 13.7. The molecular formula is C14H22ClN3. The summed E-state index contributed by atoms with van der Waals surface area (Å²) in [5.41, 5.74) is 7.62. The van der Waals surface area contributed by atoms with Gasteiger partial charge in [0.1, 0.15) is 0 Å². The van der Waals surface area contributed by atoms with Crippen molar-refractivity contribution in [1.82, 2.24) is 9.80 Å². The van der Waals surface area contributed by atoms with Gasteiger partial charge in [-0.25, -0.2) is 0 Å². The van der Waals surface area contributed by atoms with Crippen molar-refractivity contribution < 1.29 is 0 Å². The van der Waals surface area contributed by atoms with Crippen LogP contribution >= 0.6 is 11.6 Å². The van der Waals surface area contributed by atoms with E-state index in [-0.39, 0.29) is 0 Å². The number of hydrogen-bond acceptors (Lipinski definition) is 3. The highest BCUT2D eigenvalue weighted by Gasteiger charge is 2.20. The molecule has 4 heteroatoms. The van der Waals surface area contributed by atoms with Crippen LogP contribution in [0, 0.1) is 0 Å². The smallest absolute Gasteiger partial charge is 0.0471 e. The number of rotatable bonds is 3. The molecule has 0 amide bonds. The lowest BCUT2D eigenvalue weighted by molar-refractivity contribution is 0.140. The lowest BCUT2D eigenvalue weighted by Gasteiger charge is -2.35. The van der Waals surface area contributed by atoms with Gasteiger partial charge < -0.3 is 10.6 Å². The third-order valence-corrected chi connectivity index (χ3v) is 4.11. The largest absolute Gasteiger partial charge is 0.399 e. The van der Waals surface area contributed by atoms with Crippen LogP contribution in [-0.2, 0) is 6.54 Å². The molecule has 2 N–H and O–H groups in total. The Kier molecular flexibility index (Phi) is 4.49. The number of benzene rings is 1. The summed E-state index contributed by atoms with van der Waals surface area (Å²) in [7, 11) is 4.33. The van der Waals surface area contributed by atoms with Gasteiger partial charge in [-0.3, -0.25) is 4.90 Å². The maximum atomic E-state index is 6.21. The molecule has 1 aliphatic rings. The molecule has 3 nitrogen and oxygen atoms in total. The van der Waals surface area contributed by atoms with Crippen molar-refractivity contribution in [3.8, 4) is 0 Å². The maximum absolute atomic E-state index is 6.21. The third kappa shape index (κ3) is 3.37. The van der Waals surface area contributed by atoms with Crippen molar-refractivity contribution in [1.29, 1.82) is 0 Å². The van der Waals surface area contributed by atoms with Gasteiger partial charge in [-0.1, -0.05) is 17.7 Å². The molecule has 1 heterocycles. The van der Waals surface area contributed by atoms with Gasteiger partial charge in [-0.2, -0.15) is 0 Å². The van der Waals surface area contributed by atoms with Crippen LogP contribution < -0.4 is 5.73 Å². The van der Waals surface area contributed by atoms with E-state index in [4.69, 9.17) is 17.3 Å². The van der Waals surface area contributed by atoms with E-state index >= 15 is 0 Å². The van der Waals surface area contributed by atoms with Gasteiger partial charge >= 0.3 is 0 Å². The van der Waals surface area contributed by atoms with Gasteiger partial charge in [0.05, 0.1) is 0 Å². The Morgan fingerprint density at radius 2 is 2.00 bits per heavy atom. The van der Waals surface area contributed by atoms with Gasteiger partial charge in [0, 0.05) is 23.3 Å². The zero-order valence-electron chi connectivity index (χ0n) is 11.2. The summed E-state index contributed by atoms with van der Waals surface area (Å²) in [6, 6.07) is 6.52. The molecule has 0 bridgehead atoms. The molecule has 0 unspecified atom stereocenters. The zero-order chi connectivity index (χ0) is 13.1. The minimum atomic E-state index is 0.725. The van der Waals surface area contributed by atoms with Crippen molar-refractivity contribution in [2.45, 2.75) is 25.4 Å². The van der Waals surface area contributed by atoms with Gasteiger partial charge in [0.15, 0.2) is 0 Å². The molecule has 0 aromatic heterocycles. The summed E-state index contributed by atoms with van der Waals surface area (Å²) >= 11 is 6.21. The van der Waals surface area contributed by atoms with Crippen molar-refractivity contribution >= 4 is 17.3 Å². The second kappa shape index (κ2) is 5.91. The molecule has 100 valence electrons. The first-order valence-electron chi connectivity index (χ1n) is 6.49. The molecule has 1 aromatic carbocycles. The minimum Gasteiger partial charge on any atom is -0.399 e. The molecule has 18 heavy (non-hydrogen) atoms. The standard InChI is InChI=1S/C14H22ClN3/c1-17(2)13-5-7-18(8-6-13)10-11-3-4-12(16)9-14(11)15/h3-4,9,13H,5-8,10,16H2,1-2H3. The molecule has 2 rings (SSSR count). The summed E-state index contributed by atoms with van der Waals surface area (Å²) in [4.78, 5) is 4.80.